The molecule has 1 aromatic carbocycles. The number of nitrogens with one attached hydrogen (secondary N) is 1. The zero-order chi connectivity index (χ0) is 13.3. The zero-order valence-corrected chi connectivity index (χ0v) is 11.3. The molecule has 0 atom stereocenters. The van der Waals surface area contributed by atoms with E-state index in [-0.39, 0.29) is 5.91 Å². The highest BCUT2D eigenvalue weighted by molar-refractivity contribution is 6.35. The molecule has 1 amide bonds. The number of anilines is 1. The van der Waals surface area contributed by atoms with E-state index in [2.05, 4.69) is 11.4 Å². The monoisotopic (exact) mass is 282 g/mol. The van der Waals surface area contributed by atoms with Gasteiger partial charge in [0, 0.05) is 5.02 Å². The molecular formula is C13H12Cl2N2O. The van der Waals surface area contributed by atoms with Crippen molar-refractivity contribution in [3.8, 4) is 6.07 Å². The summed E-state index contributed by atoms with van der Waals surface area (Å²) < 4.78 is 0. The lowest BCUT2D eigenvalue weighted by atomic mass is 9.63. The molecule has 5 heteroatoms. The first-order valence-electron chi connectivity index (χ1n) is 5.64. The second-order valence-electron chi connectivity index (χ2n) is 4.79. The predicted molar refractivity (Wildman–Crippen MR) is 71.5 cm³/mol. The van der Waals surface area contributed by atoms with Gasteiger partial charge in [0.15, 0.2) is 0 Å². The van der Waals surface area contributed by atoms with Crippen LogP contribution in [0.3, 0.4) is 0 Å². The second kappa shape index (κ2) is 4.79. The molecule has 3 nitrogen and oxygen atoms in total. The summed E-state index contributed by atoms with van der Waals surface area (Å²) in [7, 11) is 0. The molecule has 0 saturated heterocycles. The Hall–Kier alpha value is -1.24. The first-order valence-corrected chi connectivity index (χ1v) is 6.40. The van der Waals surface area contributed by atoms with Gasteiger partial charge >= 0.3 is 0 Å². The molecule has 0 radical (unpaired) electrons. The average Bonchev–Trinajstić information content (AvgIpc) is 2.29. The van der Waals surface area contributed by atoms with E-state index in [1.54, 1.807) is 18.2 Å². The normalized spacial score (nSPS) is 26.0. The summed E-state index contributed by atoms with van der Waals surface area (Å²) in [4.78, 5) is 12.1. The quantitative estimate of drug-likeness (QED) is 0.895. The lowest BCUT2D eigenvalue weighted by Crippen LogP contribution is -2.45. The molecule has 18 heavy (non-hydrogen) atoms. The van der Waals surface area contributed by atoms with Crippen molar-refractivity contribution in [3.63, 3.8) is 0 Å². The number of hydrogen-bond acceptors (Lipinski definition) is 2. The highest BCUT2D eigenvalue weighted by atomic mass is 35.5. The molecule has 0 unspecified atom stereocenters. The van der Waals surface area contributed by atoms with Gasteiger partial charge in [-0.2, -0.15) is 5.26 Å². The van der Waals surface area contributed by atoms with Crippen LogP contribution in [0.1, 0.15) is 19.8 Å². The first-order chi connectivity index (χ1) is 8.47. The molecule has 0 aromatic heterocycles. The molecule has 1 fully saturated rings. The van der Waals surface area contributed by atoms with Crippen LogP contribution in [-0.4, -0.2) is 5.91 Å². The fourth-order valence-corrected chi connectivity index (χ4v) is 2.63. The Morgan fingerprint density at radius 1 is 1.50 bits per heavy atom. The topological polar surface area (TPSA) is 52.9 Å². The number of nitrogens with zero attached hydrogens (tertiary/aromatic N) is 1. The van der Waals surface area contributed by atoms with Crippen molar-refractivity contribution in [2.45, 2.75) is 19.8 Å². The molecule has 1 aliphatic rings. The zero-order valence-electron chi connectivity index (χ0n) is 9.84. The lowest BCUT2D eigenvalue weighted by Gasteiger charge is -2.39. The van der Waals surface area contributed by atoms with Crippen LogP contribution in [0.15, 0.2) is 18.2 Å². The highest BCUT2D eigenvalue weighted by Crippen LogP contribution is 2.46. The van der Waals surface area contributed by atoms with Crippen LogP contribution in [0.4, 0.5) is 5.69 Å². The second-order valence-corrected chi connectivity index (χ2v) is 5.63. The van der Waals surface area contributed by atoms with Crippen molar-refractivity contribution in [2.75, 3.05) is 5.32 Å². The molecule has 0 spiro atoms. The van der Waals surface area contributed by atoms with Crippen LogP contribution in [0.25, 0.3) is 0 Å². The number of rotatable bonds is 2. The van der Waals surface area contributed by atoms with Crippen molar-refractivity contribution in [1.82, 2.24) is 0 Å². The van der Waals surface area contributed by atoms with Gasteiger partial charge in [-0.05, 0) is 37.0 Å². The van der Waals surface area contributed by atoms with E-state index in [0.29, 0.717) is 34.5 Å². The maximum absolute atomic E-state index is 12.1. The van der Waals surface area contributed by atoms with Crippen molar-refractivity contribution >= 4 is 34.8 Å². The Morgan fingerprint density at radius 3 is 2.72 bits per heavy atom. The molecule has 1 aromatic rings. The van der Waals surface area contributed by atoms with E-state index in [4.69, 9.17) is 28.5 Å². The van der Waals surface area contributed by atoms with Gasteiger partial charge in [-0.15, -0.1) is 0 Å². The number of carbonyl (C=O) groups is 1. The third-order valence-corrected chi connectivity index (χ3v) is 3.78. The summed E-state index contributed by atoms with van der Waals surface area (Å²) in [5, 5.41) is 12.7. The standard InChI is InChI=1S/C13H12Cl2N2O/c1-8-5-13(6-8,7-16)12(18)17-11-4-9(14)2-3-10(11)15/h2-4,8H,5-6H2,1H3,(H,17,18). The highest BCUT2D eigenvalue weighted by Gasteiger charge is 2.49. The molecular weight excluding hydrogens is 271 g/mol. The Labute approximate surface area is 116 Å². The third kappa shape index (κ3) is 2.31. The van der Waals surface area contributed by atoms with Crippen LogP contribution in [0.2, 0.25) is 10.0 Å². The van der Waals surface area contributed by atoms with E-state index < -0.39 is 5.41 Å². The maximum Gasteiger partial charge on any atom is 0.244 e. The van der Waals surface area contributed by atoms with Gasteiger partial charge in [0.25, 0.3) is 0 Å². The fraction of sp³-hybridized carbons (Fsp3) is 0.385. The third-order valence-electron chi connectivity index (χ3n) is 3.22. The Bertz CT molecular complexity index is 530. The molecule has 2 rings (SSSR count). The Kier molecular flexibility index (Phi) is 3.52. The van der Waals surface area contributed by atoms with Crippen molar-refractivity contribution in [1.29, 1.82) is 5.26 Å². The number of amides is 1. The van der Waals surface area contributed by atoms with Crippen LogP contribution < -0.4 is 5.32 Å². The van der Waals surface area contributed by atoms with Gasteiger partial charge in [-0.3, -0.25) is 4.79 Å². The van der Waals surface area contributed by atoms with Gasteiger partial charge in [0.2, 0.25) is 5.91 Å². The van der Waals surface area contributed by atoms with Crippen molar-refractivity contribution in [2.24, 2.45) is 11.3 Å². The number of carbonyl (C=O) groups excluding carboxylic acids is 1. The summed E-state index contributed by atoms with van der Waals surface area (Å²) in [6, 6.07) is 6.95. The first kappa shape index (κ1) is 13.2. The molecule has 0 bridgehead atoms. The van der Waals surface area contributed by atoms with Crippen LogP contribution in [-0.2, 0) is 4.79 Å². The van der Waals surface area contributed by atoms with Crippen LogP contribution >= 0.6 is 23.2 Å². The molecule has 0 aliphatic heterocycles. The summed E-state index contributed by atoms with van der Waals surface area (Å²) in [6.45, 7) is 2.02. The van der Waals surface area contributed by atoms with Gasteiger partial charge in [-0.25, -0.2) is 0 Å². The lowest BCUT2D eigenvalue weighted by molar-refractivity contribution is -0.128. The predicted octanol–water partition coefficient (Wildman–Crippen LogP) is 3.87. The minimum atomic E-state index is -0.912. The van der Waals surface area contributed by atoms with E-state index in [0.717, 1.165) is 0 Å². The van der Waals surface area contributed by atoms with E-state index in [9.17, 15) is 4.79 Å². The van der Waals surface area contributed by atoms with Crippen LogP contribution in [0.5, 0.6) is 0 Å². The summed E-state index contributed by atoms with van der Waals surface area (Å²) in [6.07, 6.45) is 1.18. The van der Waals surface area contributed by atoms with Crippen molar-refractivity contribution < 1.29 is 4.79 Å². The van der Waals surface area contributed by atoms with Gasteiger partial charge in [-0.1, -0.05) is 30.1 Å². The van der Waals surface area contributed by atoms with Gasteiger partial charge in [0.1, 0.15) is 5.41 Å². The fourth-order valence-electron chi connectivity index (χ4n) is 2.29. The van der Waals surface area contributed by atoms with E-state index in [1.165, 1.54) is 0 Å². The van der Waals surface area contributed by atoms with Gasteiger partial charge in [0.05, 0.1) is 16.8 Å². The summed E-state index contributed by atoms with van der Waals surface area (Å²) in [5.74, 6) is 0.109. The number of nitriles is 1. The number of hydrogen-bond donors (Lipinski definition) is 1. The smallest absolute Gasteiger partial charge is 0.244 e. The molecule has 1 saturated carbocycles. The molecule has 1 N–H and O–H groups in total. The average molecular weight is 283 g/mol. The minimum absolute atomic E-state index is 0.299. The number of benzene rings is 1. The summed E-state index contributed by atoms with van der Waals surface area (Å²) in [5.41, 5.74) is -0.464. The summed E-state index contributed by atoms with van der Waals surface area (Å²) >= 11 is 11.8. The molecule has 0 heterocycles. The van der Waals surface area contributed by atoms with Crippen molar-refractivity contribution in [3.05, 3.63) is 28.2 Å². The van der Waals surface area contributed by atoms with Crippen LogP contribution in [0, 0.1) is 22.7 Å². The maximum atomic E-state index is 12.1. The van der Waals surface area contributed by atoms with Gasteiger partial charge < -0.3 is 5.32 Å². The Morgan fingerprint density at radius 2 is 2.17 bits per heavy atom. The number of halogens is 2. The largest absolute Gasteiger partial charge is 0.323 e. The minimum Gasteiger partial charge on any atom is -0.323 e. The molecule has 1 aliphatic carbocycles. The Balaban J connectivity index is 2.17. The van der Waals surface area contributed by atoms with E-state index >= 15 is 0 Å². The molecule has 94 valence electrons. The van der Waals surface area contributed by atoms with E-state index in [1.807, 2.05) is 6.92 Å². The SMILES string of the molecule is CC1CC(C#N)(C(=O)Nc2cc(Cl)ccc2Cl)C1.